The van der Waals surface area contributed by atoms with Gasteiger partial charge in [0.2, 0.25) is 0 Å². The summed E-state index contributed by atoms with van der Waals surface area (Å²) in [5.41, 5.74) is -0.424. The van der Waals surface area contributed by atoms with Gasteiger partial charge in [-0.15, -0.1) is 11.3 Å². The van der Waals surface area contributed by atoms with Crippen LogP contribution in [0, 0.1) is 11.7 Å². The number of thiophene rings is 1. The number of likely N-dealkylation sites (tertiary alicyclic amines) is 1. The zero-order valence-corrected chi connectivity index (χ0v) is 22.3. The largest absolute Gasteiger partial charge is 0.479 e. The molecule has 1 aliphatic heterocycles. The predicted octanol–water partition coefficient (Wildman–Crippen LogP) is 7.26. The van der Waals surface area contributed by atoms with Crippen LogP contribution in [-0.2, 0) is 4.79 Å². The first kappa shape index (κ1) is 26.6. The number of Topliss-reactive ketones (excluding diaryl/α,β-unsaturated/α-hetero) is 1. The SMILES string of the molecule is CC1(C(=O)O)C(c2ccc(Cl)cc2)C(C(=O)c2cccs2)C(c2ccc(F)cc2)N1C(=O)Nc1ccccc1. The maximum absolute atomic E-state index is 14.2. The third-order valence-electron chi connectivity index (χ3n) is 7.27. The monoisotopic (exact) mass is 562 g/mol. The van der Waals surface area contributed by atoms with E-state index in [1.807, 2.05) is 0 Å². The van der Waals surface area contributed by atoms with Crippen LogP contribution < -0.4 is 5.32 Å². The van der Waals surface area contributed by atoms with Crippen molar-refractivity contribution in [2.75, 3.05) is 5.32 Å². The van der Waals surface area contributed by atoms with Gasteiger partial charge >= 0.3 is 12.0 Å². The molecule has 1 aromatic heterocycles. The minimum atomic E-state index is -1.87. The van der Waals surface area contributed by atoms with Gasteiger partial charge in [0.05, 0.1) is 16.8 Å². The first-order valence-electron chi connectivity index (χ1n) is 12.2. The number of amides is 2. The highest BCUT2D eigenvalue weighted by molar-refractivity contribution is 7.12. The molecule has 4 atom stereocenters. The smallest absolute Gasteiger partial charge is 0.330 e. The highest BCUT2D eigenvalue weighted by atomic mass is 35.5. The van der Waals surface area contributed by atoms with Crippen LogP contribution in [0.5, 0.6) is 0 Å². The summed E-state index contributed by atoms with van der Waals surface area (Å²) in [5, 5.41) is 15.8. The summed E-state index contributed by atoms with van der Waals surface area (Å²) in [5.74, 6) is -4.04. The number of halogens is 2. The van der Waals surface area contributed by atoms with Gasteiger partial charge in [0.15, 0.2) is 5.78 Å². The van der Waals surface area contributed by atoms with Crippen LogP contribution in [0.2, 0.25) is 5.02 Å². The number of benzene rings is 3. The average molecular weight is 563 g/mol. The van der Waals surface area contributed by atoms with Crippen LogP contribution in [0.4, 0.5) is 14.9 Å². The number of urea groups is 1. The fourth-order valence-electron chi connectivity index (χ4n) is 5.51. The minimum Gasteiger partial charge on any atom is -0.479 e. The number of anilines is 1. The van der Waals surface area contributed by atoms with Gasteiger partial charge in [-0.2, -0.15) is 0 Å². The molecular weight excluding hydrogens is 539 g/mol. The van der Waals surface area contributed by atoms with E-state index >= 15 is 0 Å². The number of nitrogens with zero attached hydrogens (tertiary/aromatic N) is 1. The standard InChI is InChI=1S/C30H24ClFN2O4S/c1-30(28(36)37)25(18-9-13-20(31)14-10-18)24(27(35)23-8-5-17-39-23)26(19-11-15-21(32)16-12-19)34(30)29(38)33-22-6-3-2-4-7-22/h2-17,24-26H,1H3,(H,33,38)(H,36,37). The van der Waals surface area contributed by atoms with Crippen molar-refractivity contribution < 1.29 is 23.9 Å². The number of carboxylic acids is 1. The van der Waals surface area contributed by atoms with Crippen molar-refractivity contribution in [3.05, 3.63) is 123 Å². The molecule has 0 aliphatic carbocycles. The fraction of sp³-hybridized carbons (Fsp3) is 0.167. The van der Waals surface area contributed by atoms with Crippen molar-refractivity contribution in [1.82, 2.24) is 4.90 Å². The topological polar surface area (TPSA) is 86.7 Å². The average Bonchev–Trinajstić information content (AvgIpc) is 3.56. The summed E-state index contributed by atoms with van der Waals surface area (Å²) in [6.07, 6.45) is 0. The number of carbonyl (C=O) groups excluding carboxylic acids is 2. The van der Waals surface area contributed by atoms with Crippen LogP contribution in [0.1, 0.15) is 39.7 Å². The molecule has 198 valence electrons. The Kier molecular flexibility index (Phi) is 7.25. The number of rotatable bonds is 6. The van der Waals surface area contributed by atoms with E-state index in [9.17, 15) is 23.9 Å². The molecule has 0 saturated carbocycles. The van der Waals surface area contributed by atoms with Gasteiger partial charge in [0, 0.05) is 16.6 Å². The van der Waals surface area contributed by atoms with Gasteiger partial charge in [-0.25, -0.2) is 14.0 Å². The third-order valence-corrected chi connectivity index (χ3v) is 8.40. The fourth-order valence-corrected chi connectivity index (χ4v) is 6.35. The van der Waals surface area contributed by atoms with E-state index in [1.165, 1.54) is 47.4 Å². The molecule has 0 bridgehead atoms. The zero-order valence-electron chi connectivity index (χ0n) is 20.8. The van der Waals surface area contributed by atoms with Crippen molar-refractivity contribution >= 4 is 46.4 Å². The lowest BCUT2D eigenvalue weighted by Crippen LogP contribution is -2.55. The van der Waals surface area contributed by atoms with Gasteiger partial charge in [0.25, 0.3) is 0 Å². The molecule has 1 aliphatic rings. The molecule has 39 heavy (non-hydrogen) atoms. The number of para-hydroxylation sites is 1. The molecule has 2 amide bonds. The molecule has 0 spiro atoms. The molecule has 2 heterocycles. The Morgan fingerprint density at radius 2 is 1.56 bits per heavy atom. The lowest BCUT2D eigenvalue weighted by Gasteiger charge is -2.37. The second-order valence-electron chi connectivity index (χ2n) is 9.51. The normalized spacial score (nSPS) is 22.4. The molecule has 9 heteroatoms. The van der Waals surface area contributed by atoms with Gasteiger partial charge in [0.1, 0.15) is 11.4 Å². The highest BCUT2D eigenvalue weighted by Gasteiger charge is 2.65. The van der Waals surface area contributed by atoms with E-state index < -0.39 is 41.2 Å². The van der Waals surface area contributed by atoms with Crippen molar-refractivity contribution in [1.29, 1.82) is 0 Å². The van der Waals surface area contributed by atoms with Gasteiger partial charge in [-0.3, -0.25) is 9.69 Å². The summed E-state index contributed by atoms with van der Waals surface area (Å²) < 4.78 is 14.0. The Hall–Kier alpha value is -4.01. The van der Waals surface area contributed by atoms with Crippen LogP contribution in [0.3, 0.4) is 0 Å². The van der Waals surface area contributed by atoms with E-state index in [4.69, 9.17) is 11.6 Å². The van der Waals surface area contributed by atoms with E-state index in [-0.39, 0.29) is 5.78 Å². The van der Waals surface area contributed by atoms with Gasteiger partial charge in [-0.05, 0) is 65.9 Å². The summed E-state index contributed by atoms with van der Waals surface area (Å²) in [6, 6.07) is 22.4. The van der Waals surface area contributed by atoms with E-state index in [2.05, 4.69) is 5.32 Å². The predicted molar refractivity (Wildman–Crippen MR) is 149 cm³/mol. The van der Waals surface area contributed by atoms with E-state index in [1.54, 1.807) is 72.1 Å². The first-order chi connectivity index (χ1) is 18.7. The number of nitrogens with one attached hydrogen (secondary N) is 1. The third kappa shape index (κ3) is 4.82. The Morgan fingerprint density at radius 3 is 2.15 bits per heavy atom. The number of aliphatic carboxylic acids is 1. The molecule has 1 fully saturated rings. The second-order valence-corrected chi connectivity index (χ2v) is 10.9. The lowest BCUT2D eigenvalue weighted by molar-refractivity contribution is -0.148. The van der Waals surface area contributed by atoms with Crippen LogP contribution in [0.25, 0.3) is 0 Å². The number of carboxylic acid groups (broad SMARTS) is 1. The maximum atomic E-state index is 14.2. The molecule has 6 nitrogen and oxygen atoms in total. The Bertz CT molecular complexity index is 1500. The van der Waals surface area contributed by atoms with Crippen LogP contribution >= 0.6 is 22.9 Å². The molecule has 4 unspecified atom stereocenters. The van der Waals surface area contributed by atoms with Gasteiger partial charge in [-0.1, -0.05) is 60.1 Å². The van der Waals surface area contributed by atoms with Crippen LogP contribution in [0.15, 0.2) is 96.4 Å². The Morgan fingerprint density at radius 1 is 0.923 bits per heavy atom. The summed E-state index contributed by atoms with van der Waals surface area (Å²) >= 11 is 7.39. The van der Waals surface area contributed by atoms with Crippen LogP contribution in [-0.4, -0.2) is 33.3 Å². The lowest BCUT2D eigenvalue weighted by atomic mass is 9.72. The Labute approximate surface area is 233 Å². The molecule has 0 radical (unpaired) electrons. The Balaban J connectivity index is 1.76. The van der Waals surface area contributed by atoms with Gasteiger partial charge < -0.3 is 10.4 Å². The van der Waals surface area contributed by atoms with Crippen molar-refractivity contribution in [2.24, 2.45) is 5.92 Å². The number of hydrogen-bond donors (Lipinski definition) is 2. The number of ketones is 1. The van der Waals surface area contributed by atoms with E-state index in [0.717, 1.165) is 0 Å². The number of hydrogen-bond acceptors (Lipinski definition) is 4. The molecule has 1 saturated heterocycles. The quantitative estimate of drug-likeness (QED) is 0.242. The van der Waals surface area contributed by atoms with Crippen molar-refractivity contribution in [2.45, 2.75) is 24.4 Å². The summed E-state index contributed by atoms with van der Waals surface area (Å²) in [4.78, 5) is 43.1. The molecular formula is C30H24ClFN2O4S. The molecule has 5 rings (SSSR count). The highest BCUT2D eigenvalue weighted by Crippen LogP contribution is 2.57. The summed E-state index contributed by atoms with van der Waals surface area (Å²) in [6.45, 7) is 1.46. The molecule has 2 N–H and O–H groups in total. The summed E-state index contributed by atoms with van der Waals surface area (Å²) in [7, 11) is 0. The van der Waals surface area contributed by atoms with Crippen molar-refractivity contribution in [3.8, 4) is 0 Å². The second kappa shape index (κ2) is 10.6. The maximum Gasteiger partial charge on any atom is 0.330 e. The first-order valence-corrected chi connectivity index (χ1v) is 13.4. The minimum absolute atomic E-state index is 0.304. The zero-order chi connectivity index (χ0) is 27.7. The number of carbonyl (C=O) groups is 3. The van der Waals surface area contributed by atoms with E-state index in [0.29, 0.717) is 26.7 Å². The molecule has 3 aromatic carbocycles. The van der Waals surface area contributed by atoms with Crippen molar-refractivity contribution in [3.63, 3.8) is 0 Å². The molecule has 4 aromatic rings.